The Hall–Kier alpha value is -4.12. The first-order chi connectivity index (χ1) is 15.0. The highest BCUT2D eigenvalue weighted by Gasteiger charge is 2.23. The summed E-state index contributed by atoms with van der Waals surface area (Å²) in [5.41, 5.74) is 3.58. The number of amides is 1. The molecule has 1 aliphatic rings. The number of nitrogens with one attached hydrogen (secondary N) is 1. The van der Waals surface area contributed by atoms with Crippen LogP contribution in [0, 0.1) is 6.57 Å². The molecule has 156 valence electrons. The number of carbonyl (C=O) groups is 1. The van der Waals surface area contributed by atoms with E-state index in [1.54, 1.807) is 18.2 Å². The van der Waals surface area contributed by atoms with E-state index in [1.807, 2.05) is 38.1 Å². The molecule has 8 heteroatoms. The van der Waals surface area contributed by atoms with E-state index < -0.39 is 6.09 Å². The van der Waals surface area contributed by atoms with E-state index in [-0.39, 0.29) is 6.10 Å². The summed E-state index contributed by atoms with van der Waals surface area (Å²) in [6.07, 6.45) is 1.88. The summed E-state index contributed by atoms with van der Waals surface area (Å²) in [4.78, 5) is 19.7. The van der Waals surface area contributed by atoms with Gasteiger partial charge in [0.05, 0.1) is 12.7 Å². The maximum Gasteiger partial charge on any atom is 0.412 e. The van der Waals surface area contributed by atoms with Gasteiger partial charge in [0.1, 0.15) is 11.5 Å². The van der Waals surface area contributed by atoms with Crippen LogP contribution in [0.4, 0.5) is 10.5 Å². The molecule has 0 unspecified atom stereocenters. The van der Waals surface area contributed by atoms with Crippen LogP contribution in [-0.4, -0.2) is 29.4 Å². The van der Waals surface area contributed by atoms with Crippen LogP contribution >= 0.6 is 0 Å². The smallest absolute Gasteiger partial charge is 0.412 e. The highest BCUT2D eigenvalue weighted by Crippen LogP contribution is 2.37. The maximum atomic E-state index is 11.6. The van der Waals surface area contributed by atoms with Crippen molar-refractivity contribution in [1.82, 2.24) is 15.5 Å². The number of fused-ring (bicyclic) bond motifs is 1. The molecule has 1 amide bonds. The number of alkyl carbamates (subject to hydrolysis) is 1. The fraction of sp³-hybridized carbons (Fsp3) is 0.217. The summed E-state index contributed by atoms with van der Waals surface area (Å²) >= 11 is 0. The van der Waals surface area contributed by atoms with Crippen molar-refractivity contribution in [2.24, 2.45) is 0 Å². The number of rotatable bonds is 5. The van der Waals surface area contributed by atoms with Gasteiger partial charge in [-0.15, -0.1) is 0 Å². The van der Waals surface area contributed by atoms with Crippen molar-refractivity contribution >= 4 is 17.5 Å². The second kappa shape index (κ2) is 8.32. The van der Waals surface area contributed by atoms with Crippen LogP contribution in [0.5, 0.6) is 5.75 Å². The minimum absolute atomic E-state index is 0.0348. The van der Waals surface area contributed by atoms with Gasteiger partial charge in [-0.3, -0.25) is 0 Å². The van der Waals surface area contributed by atoms with Crippen LogP contribution in [0.1, 0.15) is 25.0 Å². The molecule has 1 aromatic heterocycles. The number of hydrogen-bond acceptors (Lipinski definition) is 6. The number of allylic oxidation sites excluding steroid dienone is 1. The van der Waals surface area contributed by atoms with E-state index in [1.165, 1.54) is 7.05 Å². The van der Waals surface area contributed by atoms with Crippen LogP contribution in [0.25, 0.3) is 33.4 Å². The normalized spacial score (nSPS) is 12.2. The molecular weight excluding hydrogens is 396 g/mol. The summed E-state index contributed by atoms with van der Waals surface area (Å²) in [7, 11) is 1.51. The molecule has 0 fully saturated rings. The number of ether oxygens (including phenoxy) is 2. The summed E-state index contributed by atoms with van der Waals surface area (Å²) < 4.78 is 16.5. The monoisotopic (exact) mass is 416 g/mol. The van der Waals surface area contributed by atoms with Crippen LogP contribution in [0.2, 0.25) is 0 Å². The molecule has 0 bridgehead atoms. The lowest BCUT2D eigenvalue weighted by Crippen LogP contribution is -2.18. The first-order valence-electron chi connectivity index (χ1n) is 9.74. The van der Waals surface area contributed by atoms with E-state index >= 15 is 0 Å². The zero-order chi connectivity index (χ0) is 22.0. The van der Waals surface area contributed by atoms with E-state index in [2.05, 4.69) is 20.3 Å². The molecule has 1 N–H and O–H groups in total. The Balaban J connectivity index is 1.64. The minimum Gasteiger partial charge on any atom is -0.502 e. The van der Waals surface area contributed by atoms with Crippen LogP contribution in [0.15, 0.2) is 47.0 Å². The first-order valence-corrected chi connectivity index (χ1v) is 9.74. The minimum atomic E-state index is -0.521. The topological polar surface area (TPSA) is 90.8 Å². The van der Waals surface area contributed by atoms with Gasteiger partial charge in [-0.1, -0.05) is 23.4 Å². The summed E-state index contributed by atoms with van der Waals surface area (Å²) in [6, 6.07) is 10.8. The molecule has 0 atom stereocenters. The zero-order valence-corrected chi connectivity index (χ0v) is 17.3. The summed E-state index contributed by atoms with van der Waals surface area (Å²) in [6.45, 7) is 11.2. The Bertz CT molecular complexity index is 1220. The second-order valence-corrected chi connectivity index (χ2v) is 7.13. The predicted octanol–water partition coefficient (Wildman–Crippen LogP) is 4.99. The van der Waals surface area contributed by atoms with E-state index in [0.717, 1.165) is 16.7 Å². The third-order valence-electron chi connectivity index (χ3n) is 4.70. The number of carbonyl (C=O) groups excluding carboxylic acids is 1. The molecule has 1 heterocycles. The highest BCUT2D eigenvalue weighted by molar-refractivity contribution is 5.83. The Morgan fingerprint density at radius 2 is 2.06 bits per heavy atom. The van der Waals surface area contributed by atoms with Crippen molar-refractivity contribution in [3.05, 3.63) is 65.0 Å². The van der Waals surface area contributed by atoms with Crippen LogP contribution in [0.3, 0.4) is 0 Å². The Morgan fingerprint density at radius 3 is 2.81 bits per heavy atom. The standard InChI is InChI=1S/C23H20N4O4/c1-13(2)29-20-10-8-14(12-18(20)24-3)22-26-21(27-31-22)17-7-5-6-16-15(17)9-11-19(16)30-23(28)25-4/h5-8,10-13H,9H2,1-2,4H3,(H,25,28). The molecule has 0 aliphatic heterocycles. The van der Waals surface area contributed by atoms with Gasteiger partial charge in [0.25, 0.3) is 5.89 Å². The second-order valence-electron chi connectivity index (χ2n) is 7.13. The lowest BCUT2D eigenvalue weighted by molar-refractivity contribution is 0.194. The third kappa shape index (κ3) is 3.98. The molecule has 31 heavy (non-hydrogen) atoms. The van der Waals surface area contributed by atoms with Crippen LogP contribution < -0.4 is 10.1 Å². The van der Waals surface area contributed by atoms with E-state index in [0.29, 0.717) is 40.9 Å². The maximum absolute atomic E-state index is 11.6. The largest absolute Gasteiger partial charge is 0.502 e. The SMILES string of the molecule is [C-]#[N+]c1cc(-c2nc(-c3cccc4c3CC=C4OC(=O)NC)no2)ccc1OC(C)C. The van der Waals surface area contributed by atoms with Crippen molar-refractivity contribution in [1.29, 1.82) is 0 Å². The summed E-state index contributed by atoms with van der Waals surface area (Å²) in [5, 5.41) is 6.57. The fourth-order valence-electron chi connectivity index (χ4n) is 3.34. The molecule has 8 nitrogen and oxygen atoms in total. The number of aromatic nitrogens is 2. The molecule has 4 rings (SSSR count). The Morgan fingerprint density at radius 1 is 1.26 bits per heavy atom. The average Bonchev–Trinajstić information content (AvgIpc) is 3.41. The first kappa shape index (κ1) is 20.2. The van der Waals surface area contributed by atoms with Crippen molar-refractivity contribution in [3.8, 4) is 28.6 Å². The molecule has 0 saturated carbocycles. The van der Waals surface area contributed by atoms with Crippen molar-refractivity contribution in [2.75, 3.05) is 7.05 Å². The molecule has 0 saturated heterocycles. The average molecular weight is 416 g/mol. The van der Waals surface area contributed by atoms with Gasteiger partial charge in [-0.05, 0) is 50.1 Å². The van der Waals surface area contributed by atoms with E-state index in [4.69, 9.17) is 20.6 Å². The van der Waals surface area contributed by atoms with Crippen LogP contribution in [-0.2, 0) is 11.2 Å². The van der Waals surface area contributed by atoms with Gasteiger partial charge in [0.15, 0.2) is 0 Å². The summed E-state index contributed by atoms with van der Waals surface area (Å²) in [5.74, 6) is 1.75. The number of nitrogens with zero attached hydrogens (tertiary/aromatic N) is 3. The molecule has 2 aromatic carbocycles. The van der Waals surface area contributed by atoms with Gasteiger partial charge in [0, 0.05) is 23.7 Å². The van der Waals surface area contributed by atoms with Gasteiger partial charge in [-0.2, -0.15) is 4.98 Å². The zero-order valence-electron chi connectivity index (χ0n) is 17.3. The lowest BCUT2D eigenvalue weighted by atomic mass is 10.0. The number of benzene rings is 2. The van der Waals surface area contributed by atoms with E-state index in [9.17, 15) is 4.79 Å². The Kier molecular flexibility index (Phi) is 5.41. The predicted molar refractivity (Wildman–Crippen MR) is 114 cm³/mol. The quantitative estimate of drug-likeness (QED) is 0.589. The highest BCUT2D eigenvalue weighted by atomic mass is 16.6. The van der Waals surface area contributed by atoms with Crippen molar-refractivity contribution in [2.45, 2.75) is 26.4 Å². The Labute approximate surface area is 179 Å². The van der Waals surface area contributed by atoms with Gasteiger partial charge < -0.3 is 19.3 Å². The fourth-order valence-corrected chi connectivity index (χ4v) is 3.34. The molecule has 3 aromatic rings. The van der Waals surface area contributed by atoms with Crippen molar-refractivity contribution < 1.29 is 18.8 Å². The molecule has 0 radical (unpaired) electrons. The third-order valence-corrected chi connectivity index (χ3v) is 4.70. The lowest BCUT2D eigenvalue weighted by Gasteiger charge is -2.11. The van der Waals surface area contributed by atoms with Gasteiger partial charge in [-0.25, -0.2) is 9.64 Å². The molecular formula is C23H20N4O4. The van der Waals surface area contributed by atoms with Crippen molar-refractivity contribution in [3.63, 3.8) is 0 Å². The molecule has 1 aliphatic carbocycles. The van der Waals surface area contributed by atoms with Gasteiger partial charge >= 0.3 is 6.09 Å². The molecule has 0 spiro atoms. The van der Waals surface area contributed by atoms with Gasteiger partial charge in [0.2, 0.25) is 11.5 Å². The number of hydrogen-bond donors (Lipinski definition) is 1.